The molecule has 23 heavy (non-hydrogen) atoms. The van der Waals surface area contributed by atoms with Gasteiger partial charge in [0.15, 0.2) is 0 Å². The molecule has 0 radical (unpaired) electrons. The molecule has 122 valence electrons. The van der Waals surface area contributed by atoms with Crippen molar-refractivity contribution in [3.8, 4) is 11.1 Å². The van der Waals surface area contributed by atoms with Gasteiger partial charge < -0.3 is 5.73 Å². The number of benzene rings is 2. The molecule has 0 fully saturated rings. The van der Waals surface area contributed by atoms with Crippen LogP contribution in [0, 0.1) is 0 Å². The standard InChI is InChI=1S/C15H9F6NO/c16-14(17,18)8-5-6-10(13(22)23)11(7-8)9-3-1-2-4-12(9)15(19,20)21/h1-7H,(H2,22,23). The fraction of sp³-hybridized carbons (Fsp3) is 0.133. The molecule has 0 aliphatic rings. The highest BCUT2D eigenvalue weighted by Crippen LogP contribution is 2.40. The molecule has 2 nitrogen and oxygen atoms in total. The average molecular weight is 333 g/mol. The van der Waals surface area contributed by atoms with E-state index < -0.39 is 46.1 Å². The predicted molar refractivity (Wildman–Crippen MR) is 70.4 cm³/mol. The number of nitrogens with two attached hydrogens (primary N) is 1. The summed E-state index contributed by atoms with van der Waals surface area (Å²) in [6, 6.07) is 5.91. The van der Waals surface area contributed by atoms with E-state index in [1.165, 1.54) is 6.07 Å². The highest BCUT2D eigenvalue weighted by Gasteiger charge is 2.36. The maximum absolute atomic E-state index is 13.1. The molecule has 0 bridgehead atoms. The van der Waals surface area contributed by atoms with Crippen LogP contribution < -0.4 is 5.73 Å². The van der Waals surface area contributed by atoms with Crippen molar-refractivity contribution in [3.63, 3.8) is 0 Å². The summed E-state index contributed by atoms with van der Waals surface area (Å²) in [5.41, 5.74) is 1.27. The molecule has 1 amide bonds. The van der Waals surface area contributed by atoms with E-state index in [1.54, 1.807) is 0 Å². The molecule has 2 rings (SSSR count). The predicted octanol–water partition coefficient (Wildman–Crippen LogP) is 4.49. The molecule has 0 spiro atoms. The zero-order valence-electron chi connectivity index (χ0n) is 11.3. The van der Waals surface area contributed by atoms with Crippen molar-refractivity contribution >= 4 is 5.91 Å². The summed E-state index contributed by atoms with van der Waals surface area (Å²) >= 11 is 0. The molecule has 0 saturated heterocycles. The lowest BCUT2D eigenvalue weighted by atomic mass is 9.93. The second-order valence-electron chi connectivity index (χ2n) is 4.67. The summed E-state index contributed by atoms with van der Waals surface area (Å²) in [7, 11) is 0. The number of hydrogen-bond donors (Lipinski definition) is 1. The van der Waals surface area contributed by atoms with Crippen LogP contribution in [-0.4, -0.2) is 5.91 Å². The molecule has 0 heterocycles. The van der Waals surface area contributed by atoms with Crippen LogP contribution in [0.3, 0.4) is 0 Å². The third-order valence-corrected chi connectivity index (χ3v) is 3.13. The Morgan fingerprint density at radius 3 is 1.96 bits per heavy atom. The Bertz CT molecular complexity index is 748. The Hall–Kier alpha value is -2.51. The van der Waals surface area contributed by atoms with Gasteiger partial charge in [0, 0.05) is 5.56 Å². The summed E-state index contributed by atoms with van der Waals surface area (Å²) < 4.78 is 77.6. The van der Waals surface area contributed by atoms with Gasteiger partial charge in [-0.25, -0.2) is 0 Å². The van der Waals surface area contributed by atoms with E-state index in [0.717, 1.165) is 24.3 Å². The van der Waals surface area contributed by atoms with Gasteiger partial charge in [-0.2, -0.15) is 26.3 Å². The quantitative estimate of drug-likeness (QED) is 0.809. The van der Waals surface area contributed by atoms with Gasteiger partial charge in [-0.3, -0.25) is 4.79 Å². The summed E-state index contributed by atoms with van der Waals surface area (Å²) in [6.45, 7) is 0. The van der Waals surface area contributed by atoms with Crippen LogP contribution in [0.4, 0.5) is 26.3 Å². The first-order chi connectivity index (χ1) is 10.5. The topological polar surface area (TPSA) is 43.1 Å². The van der Waals surface area contributed by atoms with E-state index in [4.69, 9.17) is 5.73 Å². The fourth-order valence-electron chi connectivity index (χ4n) is 2.12. The Kier molecular flexibility index (Phi) is 4.10. The molecule has 0 aliphatic carbocycles. The van der Waals surface area contributed by atoms with Crippen molar-refractivity contribution in [1.29, 1.82) is 0 Å². The van der Waals surface area contributed by atoms with Crippen molar-refractivity contribution in [3.05, 3.63) is 59.2 Å². The van der Waals surface area contributed by atoms with Crippen molar-refractivity contribution in [2.24, 2.45) is 5.73 Å². The molecule has 0 unspecified atom stereocenters. The monoisotopic (exact) mass is 333 g/mol. The maximum atomic E-state index is 13.1. The second kappa shape index (κ2) is 5.60. The molecular weight excluding hydrogens is 324 g/mol. The van der Waals surface area contributed by atoms with E-state index in [2.05, 4.69) is 0 Å². The summed E-state index contributed by atoms with van der Waals surface area (Å²) in [4.78, 5) is 11.4. The zero-order chi connectivity index (χ0) is 17.4. The van der Waals surface area contributed by atoms with Crippen LogP contribution in [0.1, 0.15) is 21.5 Å². The Morgan fingerprint density at radius 2 is 1.43 bits per heavy atom. The first kappa shape index (κ1) is 16.9. The maximum Gasteiger partial charge on any atom is 0.417 e. The number of carbonyl (C=O) groups is 1. The van der Waals surface area contributed by atoms with E-state index in [-0.39, 0.29) is 0 Å². The Labute approximate surface area is 126 Å². The fourth-order valence-corrected chi connectivity index (χ4v) is 2.12. The number of rotatable bonds is 2. The highest BCUT2D eigenvalue weighted by atomic mass is 19.4. The SMILES string of the molecule is NC(=O)c1ccc(C(F)(F)F)cc1-c1ccccc1C(F)(F)F. The van der Waals surface area contributed by atoms with Crippen molar-refractivity contribution < 1.29 is 31.1 Å². The minimum absolute atomic E-state index is 0.422. The van der Waals surface area contributed by atoms with E-state index >= 15 is 0 Å². The van der Waals surface area contributed by atoms with Crippen LogP contribution in [0.25, 0.3) is 11.1 Å². The molecule has 0 saturated carbocycles. The van der Waals surface area contributed by atoms with Crippen LogP contribution in [0.2, 0.25) is 0 Å². The van der Waals surface area contributed by atoms with E-state index in [1.807, 2.05) is 0 Å². The van der Waals surface area contributed by atoms with Gasteiger partial charge in [0.25, 0.3) is 0 Å². The molecule has 2 aromatic carbocycles. The molecular formula is C15H9F6NO. The average Bonchev–Trinajstić information content (AvgIpc) is 2.44. The van der Waals surface area contributed by atoms with Crippen LogP contribution in [-0.2, 0) is 12.4 Å². The molecule has 0 atom stereocenters. The second-order valence-corrected chi connectivity index (χ2v) is 4.67. The normalized spacial score (nSPS) is 12.3. The highest BCUT2D eigenvalue weighted by molar-refractivity contribution is 6.00. The minimum atomic E-state index is -4.79. The third kappa shape index (κ3) is 3.46. The number of alkyl halides is 6. The first-order valence-electron chi connectivity index (χ1n) is 6.19. The van der Waals surface area contributed by atoms with Crippen LogP contribution in [0.15, 0.2) is 42.5 Å². The van der Waals surface area contributed by atoms with E-state index in [9.17, 15) is 31.1 Å². The zero-order valence-corrected chi connectivity index (χ0v) is 11.3. The lowest BCUT2D eigenvalue weighted by Gasteiger charge is -2.16. The van der Waals surface area contributed by atoms with Gasteiger partial charge in [-0.1, -0.05) is 18.2 Å². The summed E-state index contributed by atoms with van der Waals surface area (Å²) in [5, 5.41) is 0. The van der Waals surface area contributed by atoms with Crippen molar-refractivity contribution in [2.75, 3.05) is 0 Å². The van der Waals surface area contributed by atoms with Gasteiger partial charge >= 0.3 is 12.4 Å². The smallest absolute Gasteiger partial charge is 0.366 e. The lowest BCUT2D eigenvalue weighted by molar-refractivity contribution is -0.137. The molecule has 0 aliphatic heterocycles. The van der Waals surface area contributed by atoms with Crippen LogP contribution >= 0.6 is 0 Å². The summed E-state index contributed by atoms with van der Waals surface area (Å²) in [5.74, 6) is -1.12. The van der Waals surface area contributed by atoms with Gasteiger partial charge in [-0.15, -0.1) is 0 Å². The lowest BCUT2D eigenvalue weighted by Crippen LogP contribution is -2.15. The minimum Gasteiger partial charge on any atom is -0.366 e. The Balaban J connectivity index is 2.79. The van der Waals surface area contributed by atoms with Gasteiger partial charge in [0.05, 0.1) is 11.1 Å². The van der Waals surface area contributed by atoms with Gasteiger partial charge in [0.1, 0.15) is 0 Å². The van der Waals surface area contributed by atoms with Crippen molar-refractivity contribution in [2.45, 2.75) is 12.4 Å². The first-order valence-corrected chi connectivity index (χ1v) is 6.19. The van der Waals surface area contributed by atoms with Gasteiger partial charge in [-0.05, 0) is 35.4 Å². The molecule has 0 aromatic heterocycles. The summed E-state index contributed by atoms with van der Waals surface area (Å²) in [6.07, 6.45) is -9.56. The number of primary amides is 1. The van der Waals surface area contributed by atoms with Gasteiger partial charge in [0.2, 0.25) is 5.91 Å². The number of carbonyl (C=O) groups excluding carboxylic acids is 1. The van der Waals surface area contributed by atoms with Crippen LogP contribution in [0.5, 0.6) is 0 Å². The number of amides is 1. The molecule has 2 N–H and O–H groups in total. The largest absolute Gasteiger partial charge is 0.417 e. The Morgan fingerprint density at radius 1 is 0.826 bits per heavy atom. The molecule has 2 aromatic rings. The van der Waals surface area contributed by atoms with E-state index in [0.29, 0.717) is 12.1 Å². The number of halogens is 6. The van der Waals surface area contributed by atoms with Crippen molar-refractivity contribution in [1.82, 2.24) is 0 Å². The molecule has 8 heteroatoms. The third-order valence-electron chi connectivity index (χ3n) is 3.13. The number of hydrogen-bond acceptors (Lipinski definition) is 1.